The summed E-state index contributed by atoms with van der Waals surface area (Å²) in [7, 11) is 0. The Balaban J connectivity index is 1.47. The van der Waals surface area contributed by atoms with Crippen LogP contribution in [-0.4, -0.2) is 50.0 Å². The number of aromatic nitrogens is 4. The summed E-state index contributed by atoms with van der Waals surface area (Å²) in [6, 6.07) is 4.24. The normalized spacial score (nSPS) is 16.6. The van der Waals surface area contributed by atoms with E-state index in [1.165, 1.54) is 16.8 Å². The molecule has 1 amide bonds. The minimum absolute atomic E-state index is 0.00986. The largest absolute Gasteiger partial charge is 0.350 e. The molecule has 3 aromatic heterocycles. The van der Waals surface area contributed by atoms with Crippen LogP contribution in [-0.2, 0) is 13.0 Å². The molecule has 5 rings (SSSR count). The molecule has 7 nitrogen and oxygen atoms in total. The maximum absolute atomic E-state index is 12.7. The molecule has 0 unspecified atom stereocenters. The molecule has 0 radical (unpaired) electrons. The van der Waals surface area contributed by atoms with Crippen LogP contribution in [0.25, 0.3) is 5.65 Å². The van der Waals surface area contributed by atoms with E-state index in [4.69, 9.17) is 5.10 Å². The summed E-state index contributed by atoms with van der Waals surface area (Å²) in [6.07, 6.45) is 6.77. The Morgan fingerprint density at radius 3 is 2.75 bits per heavy atom. The molecule has 0 atom stereocenters. The molecule has 2 aliphatic heterocycles. The molecule has 0 aliphatic carbocycles. The Labute approximate surface area is 164 Å². The van der Waals surface area contributed by atoms with E-state index < -0.39 is 0 Å². The van der Waals surface area contributed by atoms with Crippen LogP contribution >= 0.6 is 0 Å². The number of nitrogens with zero attached hydrogens (tertiary/aromatic N) is 6. The lowest BCUT2D eigenvalue weighted by molar-refractivity contribution is 0.0787. The van der Waals surface area contributed by atoms with Crippen LogP contribution in [0.3, 0.4) is 0 Å². The Morgan fingerprint density at radius 2 is 1.93 bits per heavy atom. The van der Waals surface area contributed by atoms with Crippen LogP contribution in [0, 0.1) is 13.8 Å². The molecule has 0 aromatic carbocycles. The van der Waals surface area contributed by atoms with E-state index in [0.29, 0.717) is 5.69 Å². The second kappa shape index (κ2) is 6.58. The maximum Gasteiger partial charge on any atom is 0.274 e. The van der Waals surface area contributed by atoms with Crippen LogP contribution in [0.15, 0.2) is 24.5 Å². The van der Waals surface area contributed by atoms with Gasteiger partial charge in [0.2, 0.25) is 0 Å². The van der Waals surface area contributed by atoms with Crippen LogP contribution < -0.4 is 4.90 Å². The van der Waals surface area contributed by atoms with E-state index in [9.17, 15) is 4.79 Å². The number of carbonyl (C=O) groups excluding carboxylic acids is 1. The molecular formula is C21H24N6O. The molecule has 0 N–H and O–H groups in total. The van der Waals surface area contributed by atoms with Crippen LogP contribution in [0.4, 0.5) is 5.82 Å². The summed E-state index contributed by atoms with van der Waals surface area (Å²) >= 11 is 0. The van der Waals surface area contributed by atoms with Crippen molar-refractivity contribution in [3.63, 3.8) is 0 Å². The highest BCUT2D eigenvalue weighted by molar-refractivity contribution is 5.93. The SMILES string of the molecule is Cc1cnc2c(c1)CN(c1nn3cc(C(=O)N4CCCC4)nc3cc1C)CC2. The monoisotopic (exact) mass is 376 g/mol. The van der Waals surface area contributed by atoms with Crippen molar-refractivity contribution in [2.24, 2.45) is 0 Å². The molecule has 1 saturated heterocycles. The third kappa shape index (κ3) is 2.91. The highest BCUT2D eigenvalue weighted by atomic mass is 16.2. The first-order valence-corrected chi connectivity index (χ1v) is 9.94. The first kappa shape index (κ1) is 17.2. The Bertz CT molecular complexity index is 1070. The van der Waals surface area contributed by atoms with Gasteiger partial charge in [0.25, 0.3) is 5.91 Å². The average Bonchev–Trinajstić information content (AvgIpc) is 3.36. The smallest absolute Gasteiger partial charge is 0.274 e. The van der Waals surface area contributed by atoms with Gasteiger partial charge in [-0.15, -0.1) is 5.10 Å². The van der Waals surface area contributed by atoms with Crippen molar-refractivity contribution in [1.29, 1.82) is 0 Å². The fourth-order valence-electron chi connectivity index (χ4n) is 4.23. The van der Waals surface area contributed by atoms with Gasteiger partial charge in [-0.2, -0.15) is 0 Å². The van der Waals surface area contributed by atoms with Gasteiger partial charge in [0.15, 0.2) is 11.5 Å². The van der Waals surface area contributed by atoms with Gasteiger partial charge in [0, 0.05) is 44.5 Å². The number of likely N-dealkylation sites (tertiary alicyclic amines) is 1. The van der Waals surface area contributed by atoms with Crippen LogP contribution in [0.1, 0.15) is 45.7 Å². The van der Waals surface area contributed by atoms with Crippen molar-refractivity contribution in [2.45, 2.75) is 39.7 Å². The fourth-order valence-corrected chi connectivity index (χ4v) is 4.23. The van der Waals surface area contributed by atoms with E-state index in [1.54, 1.807) is 10.7 Å². The lowest BCUT2D eigenvalue weighted by Crippen LogP contribution is -2.32. The number of amides is 1. The Kier molecular flexibility index (Phi) is 4.03. The topological polar surface area (TPSA) is 66.6 Å². The summed E-state index contributed by atoms with van der Waals surface area (Å²) in [6.45, 7) is 7.47. The molecule has 144 valence electrons. The van der Waals surface area contributed by atoms with Crippen molar-refractivity contribution in [3.8, 4) is 0 Å². The number of aryl methyl sites for hydroxylation is 2. The van der Waals surface area contributed by atoms with Gasteiger partial charge < -0.3 is 9.80 Å². The van der Waals surface area contributed by atoms with E-state index in [-0.39, 0.29) is 5.91 Å². The summed E-state index contributed by atoms with van der Waals surface area (Å²) < 4.78 is 1.75. The van der Waals surface area contributed by atoms with Crippen molar-refractivity contribution >= 4 is 17.4 Å². The van der Waals surface area contributed by atoms with Gasteiger partial charge in [0.05, 0.1) is 6.20 Å². The van der Waals surface area contributed by atoms with E-state index in [0.717, 1.165) is 62.5 Å². The zero-order valence-electron chi connectivity index (χ0n) is 16.4. The zero-order valence-corrected chi connectivity index (χ0v) is 16.4. The maximum atomic E-state index is 12.7. The van der Waals surface area contributed by atoms with Crippen LogP contribution in [0.2, 0.25) is 0 Å². The summed E-state index contributed by atoms with van der Waals surface area (Å²) in [5, 5.41) is 4.81. The molecule has 1 fully saturated rings. The number of pyridine rings is 1. The van der Waals surface area contributed by atoms with Gasteiger partial charge in [0.1, 0.15) is 5.69 Å². The molecule has 5 heterocycles. The molecule has 0 bridgehead atoms. The number of hydrogen-bond donors (Lipinski definition) is 0. The van der Waals surface area contributed by atoms with Crippen molar-refractivity contribution in [2.75, 3.05) is 24.5 Å². The molecule has 0 saturated carbocycles. The third-order valence-corrected chi connectivity index (χ3v) is 5.70. The predicted molar refractivity (Wildman–Crippen MR) is 107 cm³/mol. The van der Waals surface area contributed by atoms with Gasteiger partial charge in [-0.3, -0.25) is 9.78 Å². The molecular weight excluding hydrogens is 352 g/mol. The van der Waals surface area contributed by atoms with E-state index in [2.05, 4.69) is 34.8 Å². The number of anilines is 1. The molecule has 2 aliphatic rings. The summed E-state index contributed by atoms with van der Waals surface area (Å²) in [4.78, 5) is 25.9. The van der Waals surface area contributed by atoms with Crippen LogP contribution in [0.5, 0.6) is 0 Å². The van der Waals surface area contributed by atoms with Gasteiger partial charge in [-0.25, -0.2) is 9.50 Å². The summed E-state index contributed by atoms with van der Waals surface area (Å²) in [5.74, 6) is 0.952. The molecule has 28 heavy (non-hydrogen) atoms. The van der Waals surface area contributed by atoms with Crippen molar-refractivity contribution in [1.82, 2.24) is 24.5 Å². The second-order valence-electron chi connectivity index (χ2n) is 7.87. The van der Waals surface area contributed by atoms with Crippen molar-refractivity contribution < 1.29 is 4.79 Å². The predicted octanol–water partition coefficient (Wildman–Crippen LogP) is 2.54. The lowest BCUT2D eigenvalue weighted by atomic mass is 10.0. The number of carbonyl (C=O) groups is 1. The van der Waals surface area contributed by atoms with E-state index in [1.807, 2.05) is 17.2 Å². The minimum Gasteiger partial charge on any atom is -0.350 e. The third-order valence-electron chi connectivity index (χ3n) is 5.70. The van der Waals surface area contributed by atoms with Crippen molar-refractivity contribution in [3.05, 3.63) is 52.6 Å². The standard InChI is InChI=1S/C21H24N6O/c1-14-9-16-12-26(8-5-17(16)22-11-14)20-15(2)10-19-23-18(13-27(19)24-20)21(28)25-6-3-4-7-25/h9-11,13H,3-8,12H2,1-2H3. The molecule has 0 spiro atoms. The highest BCUT2D eigenvalue weighted by Crippen LogP contribution is 2.26. The molecule has 3 aromatic rings. The zero-order chi connectivity index (χ0) is 19.3. The lowest BCUT2D eigenvalue weighted by Gasteiger charge is -2.30. The number of rotatable bonds is 2. The number of hydrogen-bond acceptors (Lipinski definition) is 5. The summed E-state index contributed by atoms with van der Waals surface area (Å²) in [5.41, 5.74) is 5.90. The van der Waals surface area contributed by atoms with E-state index >= 15 is 0 Å². The number of fused-ring (bicyclic) bond motifs is 2. The average molecular weight is 376 g/mol. The first-order valence-electron chi connectivity index (χ1n) is 9.94. The Morgan fingerprint density at radius 1 is 1.11 bits per heavy atom. The Hall–Kier alpha value is -2.96. The van der Waals surface area contributed by atoms with Gasteiger partial charge in [-0.1, -0.05) is 6.07 Å². The molecule has 7 heteroatoms. The highest BCUT2D eigenvalue weighted by Gasteiger charge is 2.24. The quantitative estimate of drug-likeness (QED) is 0.688. The van der Waals surface area contributed by atoms with Gasteiger partial charge in [-0.05, 0) is 49.4 Å². The fraction of sp³-hybridized carbons (Fsp3) is 0.429. The minimum atomic E-state index is 0.00986. The number of imidazole rings is 1. The second-order valence-corrected chi connectivity index (χ2v) is 7.87. The van der Waals surface area contributed by atoms with Gasteiger partial charge >= 0.3 is 0 Å². The first-order chi connectivity index (χ1) is 13.6.